The maximum atomic E-state index is 10.2. The Balaban J connectivity index is 2.13. The average Bonchev–Trinajstić information content (AvgIpc) is 2.39. The number of hydrogen-bond acceptors (Lipinski definition) is 2. The molecule has 0 aliphatic carbocycles. The van der Waals surface area contributed by atoms with E-state index in [1.165, 1.54) is 5.56 Å². The number of allylic oxidation sites excluding steroid dienone is 1. The highest BCUT2D eigenvalue weighted by Crippen LogP contribution is 2.27. The third-order valence-corrected chi connectivity index (χ3v) is 3.15. The Morgan fingerprint density at radius 3 is 2.29 bits per heavy atom. The second kappa shape index (κ2) is 5.37. The monoisotopic (exact) mass is 232 g/mol. The van der Waals surface area contributed by atoms with Gasteiger partial charge in [0.25, 0.3) is 0 Å². The summed E-state index contributed by atoms with van der Waals surface area (Å²) >= 11 is 0. The van der Waals surface area contributed by atoms with Gasteiger partial charge in [-0.1, -0.05) is 38.1 Å². The molecule has 1 aliphatic heterocycles. The summed E-state index contributed by atoms with van der Waals surface area (Å²) in [4.78, 5) is 0. The van der Waals surface area contributed by atoms with Gasteiger partial charge in [0.15, 0.2) is 0 Å². The van der Waals surface area contributed by atoms with E-state index in [1.54, 1.807) is 0 Å². The van der Waals surface area contributed by atoms with Gasteiger partial charge < -0.3 is 9.84 Å². The molecule has 1 atom stereocenters. The number of benzene rings is 1. The lowest BCUT2D eigenvalue weighted by molar-refractivity contribution is 0.0918. The summed E-state index contributed by atoms with van der Waals surface area (Å²) in [6, 6.07) is 8.12. The van der Waals surface area contributed by atoms with E-state index in [4.69, 9.17) is 4.74 Å². The minimum atomic E-state index is -0.614. The van der Waals surface area contributed by atoms with Crippen molar-refractivity contribution in [2.75, 3.05) is 6.61 Å². The molecule has 0 amide bonds. The van der Waals surface area contributed by atoms with Gasteiger partial charge in [-0.2, -0.15) is 0 Å². The minimum Gasteiger partial charge on any atom is -0.495 e. The van der Waals surface area contributed by atoms with E-state index < -0.39 is 6.10 Å². The van der Waals surface area contributed by atoms with Gasteiger partial charge in [-0.05, 0) is 36.0 Å². The van der Waals surface area contributed by atoms with E-state index in [9.17, 15) is 5.11 Å². The Morgan fingerprint density at radius 2 is 1.76 bits per heavy atom. The fraction of sp³-hybridized carbons (Fsp3) is 0.467. The van der Waals surface area contributed by atoms with E-state index in [-0.39, 0.29) is 0 Å². The van der Waals surface area contributed by atoms with E-state index in [0.29, 0.717) is 18.3 Å². The lowest BCUT2D eigenvalue weighted by atomic mass is 9.99. The third kappa shape index (κ3) is 2.89. The van der Waals surface area contributed by atoms with Crippen molar-refractivity contribution in [1.82, 2.24) is 0 Å². The summed E-state index contributed by atoms with van der Waals surface area (Å²) in [6.45, 7) is 5.05. The van der Waals surface area contributed by atoms with Crippen molar-refractivity contribution in [1.29, 1.82) is 0 Å². The summed E-state index contributed by atoms with van der Waals surface area (Å²) in [6.07, 6.45) is 3.42. The largest absolute Gasteiger partial charge is 0.495 e. The van der Waals surface area contributed by atoms with Crippen molar-refractivity contribution in [3.05, 3.63) is 47.2 Å². The zero-order chi connectivity index (χ0) is 12.3. The normalized spacial score (nSPS) is 17.5. The Labute approximate surface area is 103 Å². The molecule has 1 heterocycles. The summed E-state index contributed by atoms with van der Waals surface area (Å²) in [7, 11) is 0. The smallest absolute Gasteiger partial charge is 0.136 e. The van der Waals surface area contributed by atoms with Crippen LogP contribution in [-0.2, 0) is 4.74 Å². The molecule has 2 rings (SSSR count). The van der Waals surface area contributed by atoms with Gasteiger partial charge in [-0.3, -0.25) is 0 Å². The van der Waals surface area contributed by atoms with Gasteiger partial charge in [0.1, 0.15) is 11.9 Å². The zero-order valence-corrected chi connectivity index (χ0v) is 10.5. The number of hydrogen-bond donors (Lipinski definition) is 1. The Kier molecular flexibility index (Phi) is 3.85. The molecular weight excluding hydrogens is 212 g/mol. The van der Waals surface area contributed by atoms with Crippen LogP contribution in [0.2, 0.25) is 0 Å². The van der Waals surface area contributed by atoms with Gasteiger partial charge in [-0.15, -0.1) is 0 Å². The topological polar surface area (TPSA) is 29.5 Å². The predicted molar refractivity (Wildman–Crippen MR) is 68.8 cm³/mol. The van der Waals surface area contributed by atoms with Crippen molar-refractivity contribution in [2.24, 2.45) is 0 Å². The SMILES string of the molecule is CC(C)c1ccc(C(O)C2=CCCCO2)cc1. The predicted octanol–water partition coefficient (Wildman–Crippen LogP) is 3.54. The Morgan fingerprint density at radius 1 is 1.12 bits per heavy atom. The molecule has 0 radical (unpaired) electrons. The van der Waals surface area contributed by atoms with Crippen LogP contribution in [-0.4, -0.2) is 11.7 Å². The van der Waals surface area contributed by atoms with E-state index in [2.05, 4.69) is 26.0 Å². The number of aliphatic hydroxyl groups excluding tert-OH is 1. The van der Waals surface area contributed by atoms with Crippen LogP contribution < -0.4 is 0 Å². The molecule has 0 aromatic heterocycles. The first kappa shape index (κ1) is 12.2. The highest BCUT2D eigenvalue weighted by Gasteiger charge is 2.16. The van der Waals surface area contributed by atoms with Crippen molar-refractivity contribution < 1.29 is 9.84 Å². The number of rotatable bonds is 3. The molecular formula is C15H20O2. The Bertz CT molecular complexity index is 390. The Hall–Kier alpha value is -1.28. The molecule has 1 unspecified atom stereocenters. The maximum absolute atomic E-state index is 10.2. The van der Waals surface area contributed by atoms with Crippen LogP contribution in [0, 0.1) is 0 Å². The van der Waals surface area contributed by atoms with E-state index in [1.807, 2.05) is 18.2 Å². The average molecular weight is 232 g/mol. The number of ether oxygens (including phenoxy) is 1. The van der Waals surface area contributed by atoms with Crippen molar-refractivity contribution in [3.8, 4) is 0 Å². The van der Waals surface area contributed by atoms with Gasteiger partial charge in [0.2, 0.25) is 0 Å². The fourth-order valence-electron chi connectivity index (χ4n) is 1.99. The number of aliphatic hydroxyl groups is 1. The quantitative estimate of drug-likeness (QED) is 0.863. The van der Waals surface area contributed by atoms with Crippen LogP contribution in [0.15, 0.2) is 36.1 Å². The zero-order valence-electron chi connectivity index (χ0n) is 10.5. The van der Waals surface area contributed by atoms with E-state index >= 15 is 0 Å². The van der Waals surface area contributed by atoms with Crippen LogP contribution >= 0.6 is 0 Å². The van der Waals surface area contributed by atoms with Crippen LogP contribution in [0.3, 0.4) is 0 Å². The molecule has 0 saturated carbocycles. The summed E-state index contributed by atoms with van der Waals surface area (Å²) in [5.41, 5.74) is 2.20. The lowest BCUT2D eigenvalue weighted by Gasteiger charge is -2.20. The highest BCUT2D eigenvalue weighted by atomic mass is 16.5. The van der Waals surface area contributed by atoms with Crippen molar-refractivity contribution in [3.63, 3.8) is 0 Å². The van der Waals surface area contributed by atoms with Gasteiger partial charge in [0.05, 0.1) is 6.61 Å². The molecule has 92 valence electrons. The summed E-state index contributed by atoms with van der Waals surface area (Å²) < 4.78 is 5.48. The van der Waals surface area contributed by atoms with Gasteiger partial charge in [-0.25, -0.2) is 0 Å². The highest BCUT2D eigenvalue weighted by molar-refractivity contribution is 5.29. The van der Waals surface area contributed by atoms with Gasteiger partial charge in [0, 0.05) is 0 Å². The molecule has 0 saturated heterocycles. The molecule has 0 spiro atoms. The second-order valence-electron chi connectivity index (χ2n) is 4.82. The molecule has 1 aliphatic rings. The van der Waals surface area contributed by atoms with Crippen LogP contribution in [0.1, 0.15) is 49.8 Å². The van der Waals surface area contributed by atoms with Crippen molar-refractivity contribution >= 4 is 0 Å². The second-order valence-corrected chi connectivity index (χ2v) is 4.82. The lowest BCUT2D eigenvalue weighted by Crippen LogP contribution is -2.09. The molecule has 1 aromatic rings. The molecule has 1 N–H and O–H groups in total. The fourth-order valence-corrected chi connectivity index (χ4v) is 1.99. The minimum absolute atomic E-state index is 0.520. The summed E-state index contributed by atoms with van der Waals surface area (Å²) in [5.74, 6) is 1.22. The van der Waals surface area contributed by atoms with Crippen LogP contribution in [0.4, 0.5) is 0 Å². The molecule has 0 fully saturated rings. The third-order valence-electron chi connectivity index (χ3n) is 3.15. The molecule has 0 bridgehead atoms. The first-order chi connectivity index (χ1) is 8.18. The van der Waals surface area contributed by atoms with Crippen molar-refractivity contribution in [2.45, 2.75) is 38.7 Å². The first-order valence-corrected chi connectivity index (χ1v) is 6.29. The standard InChI is InChI=1S/C15H20O2/c1-11(2)12-6-8-13(9-7-12)15(16)14-5-3-4-10-17-14/h5-9,11,15-16H,3-4,10H2,1-2H3. The van der Waals surface area contributed by atoms with E-state index in [0.717, 1.165) is 18.4 Å². The molecule has 17 heavy (non-hydrogen) atoms. The molecule has 2 heteroatoms. The maximum Gasteiger partial charge on any atom is 0.136 e. The summed E-state index contributed by atoms with van der Waals surface area (Å²) in [5, 5.41) is 10.2. The van der Waals surface area contributed by atoms with Crippen LogP contribution in [0.25, 0.3) is 0 Å². The van der Waals surface area contributed by atoms with Crippen LogP contribution in [0.5, 0.6) is 0 Å². The molecule has 2 nitrogen and oxygen atoms in total. The molecule has 1 aromatic carbocycles. The first-order valence-electron chi connectivity index (χ1n) is 6.29. The van der Waals surface area contributed by atoms with Gasteiger partial charge >= 0.3 is 0 Å².